The Morgan fingerprint density at radius 2 is 1.54 bits per heavy atom. The third-order valence-corrected chi connectivity index (χ3v) is 4.73. The highest BCUT2D eigenvalue weighted by Crippen LogP contribution is 2.11. The summed E-state index contributed by atoms with van der Waals surface area (Å²) >= 11 is 0. The largest absolute Gasteiger partial charge is 0.379 e. The highest BCUT2D eigenvalue weighted by molar-refractivity contribution is 6.04. The van der Waals surface area contributed by atoms with Crippen molar-refractivity contribution in [1.82, 2.24) is 10.2 Å². The number of nitrogens with one attached hydrogen (secondary N) is 2. The number of hydrogen-bond donors (Lipinski definition) is 2. The van der Waals surface area contributed by atoms with Crippen LogP contribution in [0.15, 0.2) is 54.6 Å². The van der Waals surface area contributed by atoms with Crippen LogP contribution >= 0.6 is 0 Å². The predicted octanol–water partition coefficient (Wildman–Crippen LogP) is 2.78. The maximum absolute atomic E-state index is 12.2. The fourth-order valence-electron chi connectivity index (χ4n) is 3.09. The van der Waals surface area contributed by atoms with E-state index in [1.165, 1.54) is 0 Å². The average molecular weight is 381 g/mol. The van der Waals surface area contributed by atoms with E-state index in [1.54, 1.807) is 36.4 Å². The topological polar surface area (TPSA) is 70.7 Å². The second-order valence-corrected chi connectivity index (χ2v) is 6.81. The Hall–Kier alpha value is -2.70. The van der Waals surface area contributed by atoms with E-state index in [1.807, 2.05) is 18.2 Å². The molecule has 1 saturated heterocycles. The van der Waals surface area contributed by atoms with Gasteiger partial charge in [-0.3, -0.25) is 14.5 Å². The summed E-state index contributed by atoms with van der Waals surface area (Å²) in [7, 11) is 0. The zero-order chi connectivity index (χ0) is 19.6. The van der Waals surface area contributed by atoms with Gasteiger partial charge < -0.3 is 15.4 Å². The van der Waals surface area contributed by atoms with Crippen LogP contribution in [-0.4, -0.2) is 56.1 Å². The van der Waals surface area contributed by atoms with Crippen LogP contribution in [0.2, 0.25) is 0 Å². The first-order valence-corrected chi connectivity index (χ1v) is 9.77. The number of morpholine rings is 1. The SMILES string of the molecule is O=C(NCCCCN1CCOCC1)c1ccc(NC(=O)c2ccccc2)cc1. The minimum Gasteiger partial charge on any atom is -0.379 e. The van der Waals surface area contributed by atoms with Gasteiger partial charge in [0.25, 0.3) is 11.8 Å². The number of nitrogens with zero attached hydrogens (tertiary/aromatic N) is 1. The second kappa shape index (κ2) is 10.6. The van der Waals surface area contributed by atoms with Crippen molar-refractivity contribution in [2.24, 2.45) is 0 Å². The van der Waals surface area contributed by atoms with E-state index in [2.05, 4.69) is 15.5 Å². The van der Waals surface area contributed by atoms with Crippen molar-refractivity contribution in [3.8, 4) is 0 Å². The summed E-state index contributed by atoms with van der Waals surface area (Å²) in [5.74, 6) is -0.259. The van der Waals surface area contributed by atoms with Gasteiger partial charge in [-0.15, -0.1) is 0 Å². The number of amides is 2. The van der Waals surface area contributed by atoms with E-state index in [4.69, 9.17) is 4.74 Å². The fourth-order valence-corrected chi connectivity index (χ4v) is 3.09. The maximum atomic E-state index is 12.2. The van der Waals surface area contributed by atoms with Gasteiger partial charge in [-0.25, -0.2) is 0 Å². The van der Waals surface area contributed by atoms with Crippen LogP contribution < -0.4 is 10.6 Å². The van der Waals surface area contributed by atoms with Crippen molar-refractivity contribution in [3.05, 3.63) is 65.7 Å². The van der Waals surface area contributed by atoms with Crippen molar-refractivity contribution < 1.29 is 14.3 Å². The molecule has 148 valence electrons. The zero-order valence-electron chi connectivity index (χ0n) is 16.0. The quantitative estimate of drug-likeness (QED) is 0.690. The van der Waals surface area contributed by atoms with Gasteiger partial charge >= 0.3 is 0 Å². The number of unbranched alkanes of at least 4 members (excludes halogenated alkanes) is 1. The molecule has 0 saturated carbocycles. The molecule has 2 aromatic rings. The number of carbonyl (C=O) groups excluding carboxylic acids is 2. The highest BCUT2D eigenvalue weighted by atomic mass is 16.5. The average Bonchev–Trinajstić information content (AvgIpc) is 2.75. The lowest BCUT2D eigenvalue weighted by Gasteiger charge is -2.26. The Bertz CT molecular complexity index is 756. The lowest BCUT2D eigenvalue weighted by atomic mass is 10.1. The van der Waals surface area contributed by atoms with E-state index in [0.717, 1.165) is 45.7 Å². The lowest BCUT2D eigenvalue weighted by molar-refractivity contribution is 0.0372. The Morgan fingerprint density at radius 3 is 2.25 bits per heavy atom. The maximum Gasteiger partial charge on any atom is 0.255 e. The van der Waals surface area contributed by atoms with Gasteiger partial charge in [0.05, 0.1) is 13.2 Å². The Labute approximate surface area is 165 Å². The summed E-state index contributed by atoms with van der Waals surface area (Å²) in [6.07, 6.45) is 2.01. The molecule has 0 bridgehead atoms. The molecule has 6 heteroatoms. The number of hydrogen-bond acceptors (Lipinski definition) is 4. The normalized spacial score (nSPS) is 14.4. The van der Waals surface area contributed by atoms with E-state index < -0.39 is 0 Å². The second-order valence-electron chi connectivity index (χ2n) is 6.81. The van der Waals surface area contributed by atoms with Crippen LogP contribution in [0.5, 0.6) is 0 Å². The van der Waals surface area contributed by atoms with Gasteiger partial charge in [0.1, 0.15) is 0 Å². The first-order chi connectivity index (χ1) is 13.7. The summed E-state index contributed by atoms with van der Waals surface area (Å²) in [5.41, 5.74) is 1.85. The molecule has 1 heterocycles. The van der Waals surface area contributed by atoms with Gasteiger partial charge in [-0.1, -0.05) is 18.2 Å². The molecule has 2 N–H and O–H groups in total. The predicted molar refractivity (Wildman–Crippen MR) is 110 cm³/mol. The first-order valence-electron chi connectivity index (χ1n) is 9.77. The Morgan fingerprint density at radius 1 is 0.857 bits per heavy atom. The van der Waals surface area contributed by atoms with E-state index in [9.17, 15) is 9.59 Å². The number of carbonyl (C=O) groups is 2. The Balaban J connectivity index is 1.38. The zero-order valence-corrected chi connectivity index (χ0v) is 16.0. The molecular weight excluding hydrogens is 354 g/mol. The van der Waals surface area contributed by atoms with Crippen LogP contribution in [0, 0.1) is 0 Å². The van der Waals surface area contributed by atoms with Crippen LogP contribution in [0.25, 0.3) is 0 Å². The molecule has 0 spiro atoms. The van der Waals surface area contributed by atoms with Crippen molar-refractivity contribution in [2.75, 3.05) is 44.7 Å². The summed E-state index contributed by atoms with van der Waals surface area (Å²) in [6, 6.07) is 16.0. The van der Waals surface area contributed by atoms with Crippen molar-refractivity contribution in [1.29, 1.82) is 0 Å². The fraction of sp³-hybridized carbons (Fsp3) is 0.364. The summed E-state index contributed by atoms with van der Waals surface area (Å²) < 4.78 is 5.34. The van der Waals surface area contributed by atoms with Crippen molar-refractivity contribution in [3.63, 3.8) is 0 Å². The van der Waals surface area contributed by atoms with E-state index >= 15 is 0 Å². The molecule has 0 atom stereocenters. The van der Waals surface area contributed by atoms with Gasteiger partial charge in [-0.05, 0) is 55.8 Å². The number of ether oxygens (including phenoxy) is 1. The van der Waals surface area contributed by atoms with Gasteiger partial charge in [0, 0.05) is 36.4 Å². The van der Waals surface area contributed by atoms with Crippen molar-refractivity contribution >= 4 is 17.5 Å². The molecule has 2 amide bonds. The lowest BCUT2D eigenvalue weighted by Crippen LogP contribution is -2.37. The molecule has 0 aliphatic carbocycles. The first kappa shape index (κ1) is 20.0. The summed E-state index contributed by atoms with van der Waals surface area (Å²) in [4.78, 5) is 26.8. The number of benzene rings is 2. The molecule has 2 aromatic carbocycles. The molecule has 1 aliphatic heterocycles. The highest BCUT2D eigenvalue weighted by Gasteiger charge is 2.10. The molecule has 1 fully saturated rings. The van der Waals surface area contributed by atoms with Crippen LogP contribution in [0.4, 0.5) is 5.69 Å². The standard InChI is InChI=1S/C22H27N3O3/c26-21(23-12-4-5-13-25-14-16-28-17-15-25)19-8-10-20(11-9-19)24-22(27)18-6-2-1-3-7-18/h1-3,6-11H,4-5,12-17H2,(H,23,26)(H,24,27). The molecule has 3 rings (SSSR count). The molecule has 6 nitrogen and oxygen atoms in total. The van der Waals surface area contributed by atoms with Crippen molar-refractivity contribution in [2.45, 2.75) is 12.8 Å². The van der Waals surface area contributed by atoms with Crippen LogP contribution in [-0.2, 0) is 4.74 Å². The van der Waals surface area contributed by atoms with E-state index in [0.29, 0.717) is 23.4 Å². The molecule has 0 aromatic heterocycles. The third-order valence-electron chi connectivity index (χ3n) is 4.73. The number of rotatable bonds is 8. The molecule has 28 heavy (non-hydrogen) atoms. The number of anilines is 1. The van der Waals surface area contributed by atoms with Gasteiger partial charge in [0.15, 0.2) is 0 Å². The molecule has 1 aliphatic rings. The minimum absolute atomic E-state index is 0.0905. The monoisotopic (exact) mass is 381 g/mol. The van der Waals surface area contributed by atoms with Gasteiger partial charge in [-0.2, -0.15) is 0 Å². The Kier molecular flexibility index (Phi) is 7.58. The summed E-state index contributed by atoms with van der Waals surface area (Å²) in [6.45, 7) is 5.35. The summed E-state index contributed by atoms with van der Waals surface area (Å²) in [5, 5.41) is 5.78. The minimum atomic E-state index is -0.168. The van der Waals surface area contributed by atoms with Gasteiger partial charge in [0.2, 0.25) is 0 Å². The van der Waals surface area contributed by atoms with E-state index in [-0.39, 0.29) is 11.8 Å². The smallest absolute Gasteiger partial charge is 0.255 e. The molecular formula is C22H27N3O3. The molecule has 0 radical (unpaired) electrons. The third kappa shape index (κ3) is 6.18. The van der Waals surface area contributed by atoms with Crippen LogP contribution in [0.1, 0.15) is 33.6 Å². The molecule has 0 unspecified atom stereocenters. The van der Waals surface area contributed by atoms with Crippen LogP contribution in [0.3, 0.4) is 0 Å².